The zero-order valence-electron chi connectivity index (χ0n) is 21.6. The molecule has 6 heteroatoms. The summed E-state index contributed by atoms with van der Waals surface area (Å²) in [4.78, 5) is 37.8. The van der Waals surface area contributed by atoms with Crippen molar-refractivity contribution in [2.24, 2.45) is 16.6 Å². The molecule has 6 nitrogen and oxygen atoms in total. The topological polar surface area (TPSA) is 95.7 Å². The Morgan fingerprint density at radius 3 is 1.97 bits per heavy atom. The first kappa shape index (κ1) is 28.8. The molecule has 1 atom stereocenters. The number of nitrogens with two attached hydrogens (primary N) is 1. The fourth-order valence-electron chi connectivity index (χ4n) is 3.05. The lowest BCUT2D eigenvalue weighted by atomic mass is 9.83. The van der Waals surface area contributed by atoms with Crippen LogP contribution in [0.1, 0.15) is 110 Å². The summed E-state index contributed by atoms with van der Waals surface area (Å²) in [7, 11) is 0. The summed E-state index contributed by atoms with van der Waals surface area (Å²) in [6.07, 6.45) is 7.90. The molecule has 0 fully saturated rings. The summed E-state index contributed by atoms with van der Waals surface area (Å²) in [6.45, 7) is 13.1. The van der Waals surface area contributed by atoms with E-state index in [1.54, 1.807) is 26.8 Å². The maximum absolute atomic E-state index is 12.9. The van der Waals surface area contributed by atoms with Crippen LogP contribution < -0.4 is 15.2 Å². The standard InChI is InChI=1S/C27H43NO5/c1-8-9-10-11-12-13-14-15-22(29)32-21-18-19(23(30)24(28)26(2,3)4)16-17-20(21)33-25(31)27(5,6)7/h16-18,24H,8-15,28H2,1-7H3. The van der Waals surface area contributed by atoms with Gasteiger partial charge in [0, 0.05) is 12.0 Å². The summed E-state index contributed by atoms with van der Waals surface area (Å²) in [5.74, 6) is -0.963. The first-order chi connectivity index (χ1) is 15.3. The minimum absolute atomic E-state index is 0.0625. The third kappa shape index (κ3) is 10.1. The summed E-state index contributed by atoms with van der Waals surface area (Å²) < 4.78 is 11.0. The van der Waals surface area contributed by atoms with Gasteiger partial charge in [0.2, 0.25) is 0 Å². The minimum atomic E-state index is -0.734. The Balaban J connectivity index is 2.96. The van der Waals surface area contributed by atoms with E-state index in [0.29, 0.717) is 5.56 Å². The molecule has 0 radical (unpaired) electrons. The van der Waals surface area contributed by atoms with E-state index in [4.69, 9.17) is 15.2 Å². The van der Waals surface area contributed by atoms with Gasteiger partial charge in [-0.2, -0.15) is 0 Å². The van der Waals surface area contributed by atoms with E-state index in [1.165, 1.54) is 37.8 Å². The van der Waals surface area contributed by atoms with Crippen LogP contribution >= 0.6 is 0 Å². The molecule has 0 saturated heterocycles. The highest BCUT2D eigenvalue weighted by Gasteiger charge is 2.30. The summed E-state index contributed by atoms with van der Waals surface area (Å²) >= 11 is 0. The van der Waals surface area contributed by atoms with E-state index in [-0.39, 0.29) is 23.7 Å². The molecule has 0 saturated carbocycles. The largest absolute Gasteiger partial charge is 0.422 e. The fraction of sp³-hybridized carbons (Fsp3) is 0.667. The molecule has 1 aromatic rings. The van der Waals surface area contributed by atoms with Crippen molar-refractivity contribution in [2.45, 2.75) is 106 Å². The molecule has 0 bridgehead atoms. The second-order valence-electron chi connectivity index (χ2n) is 10.9. The number of esters is 2. The maximum Gasteiger partial charge on any atom is 0.316 e. The van der Waals surface area contributed by atoms with E-state index >= 15 is 0 Å². The molecule has 33 heavy (non-hydrogen) atoms. The number of unbranched alkanes of at least 4 members (excludes halogenated alkanes) is 6. The molecule has 0 spiro atoms. The summed E-state index contributed by atoms with van der Waals surface area (Å²) in [6, 6.07) is 3.76. The lowest BCUT2D eigenvalue weighted by Gasteiger charge is -2.26. The Bertz CT molecular complexity index is 802. The average molecular weight is 462 g/mol. The van der Waals surface area contributed by atoms with Gasteiger partial charge >= 0.3 is 11.9 Å². The number of carbonyl (C=O) groups is 3. The van der Waals surface area contributed by atoms with Crippen LogP contribution in [0.3, 0.4) is 0 Å². The SMILES string of the molecule is CCCCCCCCCC(=O)Oc1cc(C(=O)C(N)C(C)(C)C)ccc1OC(=O)C(C)(C)C. The zero-order chi connectivity index (χ0) is 25.2. The smallest absolute Gasteiger partial charge is 0.316 e. The number of hydrogen-bond donors (Lipinski definition) is 1. The molecule has 1 rings (SSSR count). The van der Waals surface area contributed by atoms with Crippen LogP contribution in [0.25, 0.3) is 0 Å². The van der Waals surface area contributed by atoms with Crippen molar-refractivity contribution in [3.05, 3.63) is 23.8 Å². The predicted octanol–water partition coefficient (Wildman–Crippen LogP) is 6.24. The quantitative estimate of drug-likeness (QED) is 0.171. The monoisotopic (exact) mass is 461 g/mol. The van der Waals surface area contributed by atoms with Gasteiger partial charge in [0.15, 0.2) is 17.3 Å². The number of benzene rings is 1. The van der Waals surface area contributed by atoms with Gasteiger partial charge in [0.1, 0.15) is 0 Å². The Morgan fingerprint density at radius 1 is 0.848 bits per heavy atom. The van der Waals surface area contributed by atoms with Crippen LogP contribution in [0.4, 0.5) is 0 Å². The van der Waals surface area contributed by atoms with Crippen molar-refractivity contribution < 1.29 is 23.9 Å². The molecular formula is C27H43NO5. The van der Waals surface area contributed by atoms with Crippen molar-refractivity contribution in [2.75, 3.05) is 0 Å². The average Bonchev–Trinajstić information content (AvgIpc) is 2.71. The van der Waals surface area contributed by atoms with Crippen LogP contribution in [0.15, 0.2) is 18.2 Å². The highest BCUT2D eigenvalue weighted by molar-refractivity contribution is 6.01. The van der Waals surface area contributed by atoms with Crippen LogP contribution in [0, 0.1) is 10.8 Å². The molecule has 0 aliphatic rings. The van der Waals surface area contributed by atoms with Crippen LogP contribution in [0.2, 0.25) is 0 Å². The third-order valence-electron chi connectivity index (χ3n) is 5.47. The lowest BCUT2D eigenvalue weighted by molar-refractivity contribution is -0.143. The number of hydrogen-bond acceptors (Lipinski definition) is 6. The first-order valence-corrected chi connectivity index (χ1v) is 12.1. The highest BCUT2D eigenvalue weighted by atomic mass is 16.6. The molecule has 1 aromatic carbocycles. The minimum Gasteiger partial charge on any atom is -0.422 e. The molecule has 2 N–H and O–H groups in total. The molecule has 0 aliphatic carbocycles. The van der Waals surface area contributed by atoms with E-state index in [2.05, 4.69) is 6.92 Å². The van der Waals surface area contributed by atoms with E-state index in [0.717, 1.165) is 19.3 Å². The predicted molar refractivity (Wildman–Crippen MR) is 132 cm³/mol. The Hall–Kier alpha value is -2.21. The van der Waals surface area contributed by atoms with Crippen LogP contribution in [-0.4, -0.2) is 23.8 Å². The van der Waals surface area contributed by atoms with Gasteiger partial charge in [-0.3, -0.25) is 14.4 Å². The van der Waals surface area contributed by atoms with Crippen molar-refractivity contribution >= 4 is 17.7 Å². The van der Waals surface area contributed by atoms with Gasteiger partial charge in [0.25, 0.3) is 0 Å². The van der Waals surface area contributed by atoms with E-state index in [1.807, 2.05) is 20.8 Å². The Kier molecular flexibility index (Phi) is 11.2. The Labute approximate surface area is 199 Å². The zero-order valence-corrected chi connectivity index (χ0v) is 21.6. The summed E-state index contributed by atoms with van der Waals surface area (Å²) in [5, 5.41) is 0. The molecule has 0 amide bonds. The van der Waals surface area contributed by atoms with Gasteiger partial charge in [-0.25, -0.2) is 0 Å². The van der Waals surface area contributed by atoms with Gasteiger partial charge in [0.05, 0.1) is 11.5 Å². The van der Waals surface area contributed by atoms with Crippen LogP contribution in [-0.2, 0) is 9.59 Å². The van der Waals surface area contributed by atoms with Gasteiger partial charge in [-0.15, -0.1) is 0 Å². The van der Waals surface area contributed by atoms with Gasteiger partial charge in [-0.05, 0) is 50.8 Å². The third-order valence-corrected chi connectivity index (χ3v) is 5.47. The Morgan fingerprint density at radius 2 is 1.42 bits per heavy atom. The highest BCUT2D eigenvalue weighted by Crippen LogP contribution is 2.32. The lowest BCUT2D eigenvalue weighted by Crippen LogP contribution is -2.42. The van der Waals surface area contributed by atoms with Crippen molar-refractivity contribution in [3.63, 3.8) is 0 Å². The number of Topliss-reactive ketones (excluding diaryl/α,β-unsaturated/α-hetero) is 1. The van der Waals surface area contributed by atoms with Gasteiger partial charge in [-0.1, -0.05) is 66.2 Å². The molecule has 1 unspecified atom stereocenters. The van der Waals surface area contributed by atoms with Crippen molar-refractivity contribution in [1.29, 1.82) is 0 Å². The normalized spacial score (nSPS) is 12.8. The fourth-order valence-corrected chi connectivity index (χ4v) is 3.05. The molecule has 0 aliphatic heterocycles. The molecule has 186 valence electrons. The molecule has 0 aromatic heterocycles. The number of rotatable bonds is 12. The second kappa shape index (κ2) is 12.9. The maximum atomic E-state index is 12.9. The van der Waals surface area contributed by atoms with Crippen molar-refractivity contribution in [1.82, 2.24) is 0 Å². The number of ether oxygens (including phenoxy) is 2. The second-order valence-corrected chi connectivity index (χ2v) is 10.9. The first-order valence-electron chi connectivity index (χ1n) is 12.1. The van der Waals surface area contributed by atoms with E-state index < -0.39 is 28.8 Å². The van der Waals surface area contributed by atoms with Crippen molar-refractivity contribution in [3.8, 4) is 11.5 Å². The van der Waals surface area contributed by atoms with Gasteiger partial charge < -0.3 is 15.2 Å². The summed E-state index contributed by atoms with van der Waals surface area (Å²) in [5.41, 5.74) is 5.28. The number of carbonyl (C=O) groups excluding carboxylic acids is 3. The molecule has 0 heterocycles. The van der Waals surface area contributed by atoms with Crippen LogP contribution in [0.5, 0.6) is 11.5 Å². The van der Waals surface area contributed by atoms with E-state index in [9.17, 15) is 14.4 Å². The number of ketones is 1. The molecular weight excluding hydrogens is 418 g/mol.